The summed E-state index contributed by atoms with van der Waals surface area (Å²) in [5.74, 6) is -1.06. The molecule has 0 spiro atoms. The second kappa shape index (κ2) is 7.66. The Kier molecular flexibility index (Phi) is 4.80. The highest BCUT2D eigenvalue weighted by Gasteiger charge is 2.46. The summed E-state index contributed by atoms with van der Waals surface area (Å²) in [5, 5.41) is 8.58. The molecule has 0 saturated heterocycles. The minimum atomic E-state index is -0.650. The van der Waals surface area contributed by atoms with Gasteiger partial charge in [-0.3, -0.25) is 14.4 Å². The quantitative estimate of drug-likeness (QED) is 0.753. The fourth-order valence-corrected chi connectivity index (χ4v) is 3.89. The predicted octanol–water partition coefficient (Wildman–Crippen LogP) is 1.22. The van der Waals surface area contributed by atoms with E-state index in [2.05, 4.69) is 20.4 Å². The molecule has 4 heterocycles. The first-order valence-electron chi connectivity index (χ1n) is 10.2. The maximum Gasteiger partial charge on any atom is 0.270 e. The third-order valence-electron chi connectivity index (χ3n) is 5.71. The lowest BCUT2D eigenvalue weighted by atomic mass is 10.1. The van der Waals surface area contributed by atoms with Gasteiger partial charge in [0.2, 0.25) is 5.91 Å². The minimum absolute atomic E-state index is 0.171. The van der Waals surface area contributed by atoms with Crippen molar-refractivity contribution < 1.29 is 18.8 Å². The van der Waals surface area contributed by atoms with Crippen molar-refractivity contribution >= 4 is 35.1 Å². The summed E-state index contributed by atoms with van der Waals surface area (Å²) in [7, 11) is 1.75. The van der Waals surface area contributed by atoms with Gasteiger partial charge in [-0.15, -0.1) is 0 Å². The molecule has 0 bridgehead atoms. The first-order valence-corrected chi connectivity index (χ1v) is 10.2. The van der Waals surface area contributed by atoms with Gasteiger partial charge in [-0.05, 0) is 37.1 Å². The Labute approximate surface area is 182 Å². The summed E-state index contributed by atoms with van der Waals surface area (Å²) in [6, 6.07) is 5.97. The van der Waals surface area contributed by atoms with Crippen LogP contribution in [0.1, 0.15) is 29.6 Å². The highest BCUT2D eigenvalue weighted by molar-refractivity contribution is 6.40. The van der Waals surface area contributed by atoms with Gasteiger partial charge in [0.05, 0.1) is 11.8 Å². The number of hydrogen-bond donors (Lipinski definition) is 1. The molecular weight excluding hydrogens is 417 g/mol. The Hall–Kier alpha value is -3.89. The van der Waals surface area contributed by atoms with Gasteiger partial charge in [0.15, 0.2) is 5.82 Å². The van der Waals surface area contributed by atoms with Crippen LogP contribution in [0.2, 0.25) is 0 Å². The van der Waals surface area contributed by atoms with Gasteiger partial charge >= 0.3 is 0 Å². The molecule has 1 atom stereocenters. The largest absolute Gasteiger partial charge is 0.338 e. The molecule has 1 aliphatic carbocycles. The first kappa shape index (κ1) is 20.0. The Balaban J connectivity index is 1.40. The number of nitrogens with zero attached hydrogens (tertiary/aromatic N) is 6. The highest BCUT2D eigenvalue weighted by atomic mass is 19.1. The average Bonchev–Trinajstić information content (AvgIpc) is 3.55. The van der Waals surface area contributed by atoms with E-state index < -0.39 is 17.9 Å². The van der Waals surface area contributed by atoms with Gasteiger partial charge in [-0.25, -0.2) is 19.4 Å². The zero-order valence-corrected chi connectivity index (χ0v) is 17.2. The zero-order chi connectivity index (χ0) is 22.4. The molecule has 1 saturated carbocycles. The summed E-state index contributed by atoms with van der Waals surface area (Å²) >= 11 is 0. The van der Waals surface area contributed by atoms with Crippen LogP contribution in [0.4, 0.5) is 16.0 Å². The standard InChI is InChI=1S/C21H20FN7O3/c1-27(13-5-6-13)21(32)15-9-18-28(11-17(30)25-16-7-4-12(22)10-24-16)20(31)14-3-2-8-23-19(14)29(18)26-15/h2-4,7-8,10,13,18H,5-6,9,11H2,1H3,(H,24,25,30). The maximum atomic E-state index is 13.2. The molecule has 1 unspecified atom stereocenters. The summed E-state index contributed by atoms with van der Waals surface area (Å²) < 4.78 is 13.1. The number of nitrogens with one attached hydrogen (secondary N) is 1. The SMILES string of the molecule is CN(C(=O)C1=NN2c3ncccc3C(=O)N(CC(=O)Nc3ccc(F)cn3)C2C1)C1CC1. The summed E-state index contributed by atoms with van der Waals surface area (Å²) in [5.41, 5.74) is 0.616. The third kappa shape index (κ3) is 3.55. The Morgan fingerprint density at radius 1 is 1.25 bits per heavy atom. The molecule has 1 fully saturated rings. The topological polar surface area (TPSA) is 111 Å². The predicted molar refractivity (Wildman–Crippen MR) is 112 cm³/mol. The van der Waals surface area contributed by atoms with Crippen molar-refractivity contribution in [3.8, 4) is 0 Å². The second-order valence-corrected chi connectivity index (χ2v) is 7.94. The van der Waals surface area contributed by atoms with Gasteiger partial charge in [0.25, 0.3) is 11.8 Å². The molecule has 2 aromatic heterocycles. The monoisotopic (exact) mass is 437 g/mol. The summed E-state index contributed by atoms with van der Waals surface area (Å²) in [4.78, 5) is 49.9. The van der Waals surface area contributed by atoms with E-state index >= 15 is 0 Å². The zero-order valence-electron chi connectivity index (χ0n) is 17.2. The molecule has 164 valence electrons. The van der Waals surface area contributed by atoms with Crippen LogP contribution in [0.15, 0.2) is 41.8 Å². The molecular formula is C21H20FN7O3. The van der Waals surface area contributed by atoms with E-state index in [4.69, 9.17) is 0 Å². The normalized spacial score (nSPS) is 19.2. The average molecular weight is 437 g/mol. The van der Waals surface area contributed by atoms with Crippen molar-refractivity contribution in [3.05, 3.63) is 48.0 Å². The van der Waals surface area contributed by atoms with Crippen molar-refractivity contribution in [1.29, 1.82) is 0 Å². The van der Waals surface area contributed by atoms with Crippen LogP contribution >= 0.6 is 0 Å². The lowest BCUT2D eigenvalue weighted by Gasteiger charge is -2.38. The lowest BCUT2D eigenvalue weighted by Crippen LogP contribution is -2.54. The third-order valence-corrected chi connectivity index (χ3v) is 5.71. The Morgan fingerprint density at radius 3 is 2.78 bits per heavy atom. The van der Waals surface area contributed by atoms with Crippen molar-refractivity contribution in [1.82, 2.24) is 19.8 Å². The molecule has 5 rings (SSSR count). The van der Waals surface area contributed by atoms with E-state index in [1.165, 1.54) is 22.0 Å². The molecule has 2 aliphatic heterocycles. The fourth-order valence-electron chi connectivity index (χ4n) is 3.89. The fraction of sp³-hybridized carbons (Fsp3) is 0.333. The van der Waals surface area contributed by atoms with Gasteiger partial charge in [-0.1, -0.05) is 0 Å². The number of rotatable bonds is 5. The number of aromatic nitrogens is 2. The summed E-state index contributed by atoms with van der Waals surface area (Å²) in [6.07, 6.45) is 4.01. The van der Waals surface area contributed by atoms with Crippen LogP contribution in [0, 0.1) is 5.82 Å². The Bertz CT molecular complexity index is 1130. The minimum Gasteiger partial charge on any atom is -0.338 e. The molecule has 10 nitrogen and oxygen atoms in total. The molecule has 0 radical (unpaired) electrons. The van der Waals surface area contributed by atoms with Gasteiger partial charge in [0.1, 0.15) is 30.1 Å². The number of fused-ring (bicyclic) bond motifs is 3. The van der Waals surface area contributed by atoms with Gasteiger partial charge in [0, 0.05) is 25.7 Å². The number of hydrazone groups is 1. The molecule has 32 heavy (non-hydrogen) atoms. The van der Waals surface area contributed by atoms with E-state index in [1.54, 1.807) is 30.3 Å². The smallest absolute Gasteiger partial charge is 0.270 e. The van der Waals surface area contributed by atoms with Crippen molar-refractivity contribution in [2.24, 2.45) is 5.10 Å². The van der Waals surface area contributed by atoms with Crippen LogP contribution in [-0.4, -0.2) is 69.0 Å². The Morgan fingerprint density at radius 2 is 2.06 bits per heavy atom. The number of amides is 3. The van der Waals surface area contributed by atoms with E-state index in [0.717, 1.165) is 19.0 Å². The van der Waals surface area contributed by atoms with Gasteiger partial charge in [-0.2, -0.15) is 5.10 Å². The van der Waals surface area contributed by atoms with Crippen LogP contribution in [0.25, 0.3) is 0 Å². The van der Waals surface area contributed by atoms with E-state index in [9.17, 15) is 18.8 Å². The number of halogens is 1. The van der Waals surface area contributed by atoms with E-state index in [-0.39, 0.29) is 36.6 Å². The molecule has 1 N–H and O–H groups in total. The highest BCUT2D eigenvalue weighted by Crippen LogP contribution is 2.35. The van der Waals surface area contributed by atoms with Crippen LogP contribution in [0.5, 0.6) is 0 Å². The van der Waals surface area contributed by atoms with E-state index in [0.29, 0.717) is 17.1 Å². The van der Waals surface area contributed by atoms with Crippen molar-refractivity contribution in [2.75, 3.05) is 23.9 Å². The molecule has 3 aliphatic rings. The molecule has 0 aromatic carbocycles. The number of hydrogen-bond acceptors (Lipinski definition) is 7. The summed E-state index contributed by atoms with van der Waals surface area (Å²) in [6.45, 7) is -0.289. The van der Waals surface area contributed by atoms with E-state index in [1.807, 2.05) is 0 Å². The lowest BCUT2D eigenvalue weighted by molar-refractivity contribution is -0.123. The van der Waals surface area contributed by atoms with Crippen molar-refractivity contribution in [2.45, 2.75) is 31.5 Å². The maximum absolute atomic E-state index is 13.2. The number of pyridine rings is 2. The van der Waals surface area contributed by atoms with Crippen LogP contribution in [-0.2, 0) is 9.59 Å². The van der Waals surface area contributed by atoms with Crippen LogP contribution < -0.4 is 10.3 Å². The number of anilines is 2. The number of carbonyl (C=O) groups is 3. The molecule has 11 heteroatoms. The van der Waals surface area contributed by atoms with Crippen LogP contribution in [0.3, 0.4) is 0 Å². The van der Waals surface area contributed by atoms with Gasteiger partial charge < -0.3 is 15.1 Å². The first-order chi connectivity index (χ1) is 15.4. The second-order valence-electron chi connectivity index (χ2n) is 7.94. The molecule has 2 aromatic rings. The molecule has 3 amide bonds. The number of carbonyl (C=O) groups excluding carboxylic acids is 3. The van der Waals surface area contributed by atoms with Crippen molar-refractivity contribution in [3.63, 3.8) is 0 Å².